The van der Waals surface area contributed by atoms with E-state index in [9.17, 15) is 9.90 Å². The van der Waals surface area contributed by atoms with Crippen molar-refractivity contribution in [2.45, 2.75) is 19.9 Å². The van der Waals surface area contributed by atoms with Gasteiger partial charge in [-0.3, -0.25) is 9.79 Å². The summed E-state index contributed by atoms with van der Waals surface area (Å²) in [4.78, 5) is 18.8. The van der Waals surface area contributed by atoms with Gasteiger partial charge in [-0.1, -0.05) is 24.3 Å². The third kappa shape index (κ3) is 7.03. The molecular weight excluding hydrogens is 368 g/mol. The summed E-state index contributed by atoms with van der Waals surface area (Å²) in [5, 5.41) is 15.6. The monoisotopic (exact) mass is 398 g/mol. The van der Waals surface area contributed by atoms with E-state index < -0.39 is 0 Å². The van der Waals surface area contributed by atoms with Crippen molar-refractivity contribution in [3.63, 3.8) is 0 Å². The number of methoxy groups -OCH3 is 1. The predicted molar refractivity (Wildman–Crippen MR) is 115 cm³/mol. The van der Waals surface area contributed by atoms with E-state index >= 15 is 0 Å². The first-order chi connectivity index (χ1) is 14.0. The summed E-state index contributed by atoms with van der Waals surface area (Å²) in [5.74, 6) is 1.53. The number of nitrogens with zero attached hydrogens (tertiary/aromatic N) is 2. The number of guanidine groups is 1. The number of phenols is 1. The molecule has 7 heteroatoms. The number of ether oxygens (including phenoxy) is 1. The van der Waals surface area contributed by atoms with Crippen LogP contribution in [0.5, 0.6) is 11.5 Å². The van der Waals surface area contributed by atoms with E-state index in [-0.39, 0.29) is 11.7 Å². The van der Waals surface area contributed by atoms with E-state index in [1.165, 1.54) is 12.1 Å². The Labute approximate surface area is 172 Å². The maximum Gasteiger partial charge on any atom is 0.251 e. The first-order valence-corrected chi connectivity index (χ1v) is 9.73. The molecule has 156 valence electrons. The van der Waals surface area contributed by atoms with Crippen LogP contribution in [0.1, 0.15) is 29.3 Å². The molecule has 0 unspecified atom stereocenters. The Balaban J connectivity index is 1.85. The zero-order valence-electron chi connectivity index (χ0n) is 17.3. The van der Waals surface area contributed by atoms with Gasteiger partial charge in [-0.05, 0) is 37.6 Å². The number of nitrogens with one attached hydrogen (secondary N) is 2. The molecule has 0 bridgehead atoms. The van der Waals surface area contributed by atoms with Crippen molar-refractivity contribution in [3.8, 4) is 11.5 Å². The summed E-state index contributed by atoms with van der Waals surface area (Å²) in [6.07, 6.45) is 0.710. The molecule has 0 aliphatic heterocycles. The van der Waals surface area contributed by atoms with Gasteiger partial charge in [0.1, 0.15) is 11.5 Å². The van der Waals surface area contributed by atoms with Crippen LogP contribution >= 0.6 is 0 Å². The minimum Gasteiger partial charge on any atom is -0.508 e. The topological polar surface area (TPSA) is 86.2 Å². The summed E-state index contributed by atoms with van der Waals surface area (Å²) < 4.78 is 5.42. The Bertz CT molecular complexity index is 823. The largest absolute Gasteiger partial charge is 0.508 e. The van der Waals surface area contributed by atoms with E-state index in [1.54, 1.807) is 19.2 Å². The molecule has 0 aliphatic rings. The molecule has 0 spiro atoms. The highest BCUT2D eigenvalue weighted by Crippen LogP contribution is 2.18. The Morgan fingerprint density at radius 2 is 1.97 bits per heavy atom. The fourth-order valence-electron chi connectivity index (χ4n) is 2.85. The lowest BCUT2D eigenvalue weighted by molar-refractivity contribution is 0.0953. The van der Waals surface area contributed by atoms with Crippen LogP contribution in [0.4, 0.5) is 0 Å². The molecule has 0 atom stereocenters. The Morgan fingerprint density at radius 1 is 1.17 bits per heavy atom. The van der Waals surface area contributed by atoms with Gasteiger partial charge in [0.2, 0.25) is 0 Å². The smallest absolute Gasteiger partial charge is 0.251 e. The van der Waals surface area contributed by atoms with Crippen LogP contribution in [0.2, 0.25) is 0 Å². The van der Waals surface area contributed by atoms with Crippen LogP contribution < -0.4 is 15.4 Å². The molecule has 0 radical (unpaired) electrons. The lowest BCUT2D eigenvalue weighted by Gasteiger charge is -2.23. The van der Waals surface area contributed by atoms with Gasteiger partial charge in [0.15, 0.2) is 5.96 Å². The van der Waals surface area contributed by atoms with Crippen LogP contribution in [0, 0.1) is 0 Å². The van der Waals surface area contributed by atoms with Gasteiger partial charge in [-0.2, -0.15) is 0 Å². The Kier molecular flexibility index (Phi) is 8.82. The fraction of sp³-hybridized carbons (Fsp3) is 0.364. The SMILES string of the molecule is CCNC(=NCCCNC(=O)c1cccc(O)c1)N(C)Cc1ccccc1OC. The average molecular weight is 399 g/mol. The molecule has 7 nitrogen and oxygen atoms in total. The molecule has 0 aromatic heterocycles. The molecule has 1 amide bonds. The molecule has 0 aliphatic carbocycles. The van der Waals surface area contributed by atoms with Gasteiger partial charge in [0.25, 0.3) is 5.91 Å². The Hall–Kier alpha value is -3.22. The highest BCUT2D eigenvalue weighted by molar-refractivity contribution is 5.94. The van der Waals surface area contributed by atoms with Crippen molar-refractivity contribution >= 4 is 11.9 Å². The fourth-order valence-corrected chi connectivity index (χ4v) is 2.85. The number of aliphatic imine (C=N–C) groups is 1. The quantitative estimate of drug-likeness (QED) is 0.343. The number of carbonyl (C=O) groups is 1. The molecule has 2 aromatic rings. The number of carbonyl (C=O) groups excluding carboxylic acids is 1. The van der Waals surface area contributed by atoms with Crippen LogP contribution in [0.25, 0.3) is 0 Å². The number of phenolic OH excluding ortho intramolecular Hbond substituents is 1. The lowest BCUT2D eigenvalue weighted by Crippen LogP contribution is -2.38. The molecule has 2 rings (SSSR count). The molecule has 29 heavy (non-hydrogen) atoms. The third-order valence-electron chi connectivity index (χ3n) is 4.29. The molecular formula is C22H30N4O3. The first kappa shape index (κ1) is 22.1. The summed E-state index contributed by atoms with van der Waals surface area (Å²) in [6, 6.07) is 14.2. The average Bonchev–Trinajstić information content (AvgIpc) is 2.72. The number of rotatable bonds is 9. The summed E-state index contributed by atoms with van der Waals surface area (Å²) in [5.41, 5.74) is 1.53. The van der Waals surface area contributed by atoms with Gasteiger partial charge in [0.05, 0.1) is 7.11 Å². The predicted octanol–water partition coefficient (Wildman–Crippen LogP) is 2.62. The van der Waals surface area contributed by atoms with E-state index in [4.69, 9.17) is 4.74 Å². The maximum atomic E-state index is 12.1. The zero-order valence-corrected chi connectivity index (χ0v) is 17.3. The van der Waals surface area contributed by atoms with Crippen LogP contribution in [0.15, 0.2) is 53.5 Å². The molecule has 0 heterocycles. The number of para-hydroxylation sites is 1. The van der Waals surface area contributed by atoms with Crippen LogP contribution in [0.3, 0.4) is 0 Å². The van der Waals surface area contributed by atoms with Gasteiger partial charge in [-0.25, -0.2) is 0 Å². The lowest BCUT2D eigenvalue weighted by atomic mass is 10.2. The highest BCUT2D eigenvalue weighted by Gasteiger charge is 2.10. The van der Waals surface area contributed by atoms with E-state index in [0.717, 1.165) is 23.8 Å². The van der Waals surface area contributed by atoms with Crippen molar-refractivity contribution in [1.82, 2.24) is 15.5 Å². The normalized spacial score (nSPS) is 11.1. The standard InChI is InChI=1S/C22H30N4O3/c1-4-23-22(26(2)16-18-9-5-6-12-20(18)29-3)25-14-8-13-24-21(28)17-10-7-11-19(27)15-17/h5-7,9-12,15,27H,4,8,13-14,16H2,1-3H3,(H,23,25)(H,24,28). The molecule has 0 fully saturated rings. The number of aromatic hydroxyl groups is 1. The highest BCUT2D eigenvalue weighted by atomic mass is 16.5. The van der Waals surface area contributed by atoms with Crippen molar-refractivity contribution in [3.05, 3.63) is 59.7 Å². The van der Waals surface area contributed by atoms with Crippen molar-refractivity contribution in [1.29, 1.82) is 0 Å². The minimum absolute atomic E-state index is 0.0793. The number of benzene rings is 2. The molecule has 2 aromatic carbocycles. The van der Waals surface area contributed by atoms with Crippen LogP contribution in [-0.4, -0.2) is 55.7 Å². The second-order valence-electron chi connectivity index (χ2n) is 6.56. The maximum absolute atomic E-state index is 12.1. The van der Waals surface area contributed by atoms with Crippen LogP contribution in [-0.2, 0) is 6.54 Å². The van der Waals surface area contributed by atoms with E-state index in [1.807, 2.05) is 43.1 Å². The van der Waals surface area contributed by atoms with Gasteiger partial charge >= 0.3 is 0 Å². The number of amides is 1. The second-order valence-corrected chi connectivity index (χ2v) is 6.56. The van der Waals surface area contributed by atoms with Crippen molar-refractivity contribution in [2.24, 2.45) is 4.99 Å². The minimum atomic E-state index is -0.204. The number of hydrogen-bond acceptors (Lipinski definition) is 4. The van der Waals surface area contributed by atoms with Gasteiger partial charge in [0, 0.05) is 44.4 Å². The summed E-state index contributed by atoms with van der Waals surface area (Å²) >= 11 is 0. The van der Waals surface area contributed by atoms with Gasteiger partial charge < -0.3 is 25.4 Å². The third-order valence-corrected chi connectivity index (χ3v) is 4.29. The molecule has 0 saturated heterocycles. The van der Waals surface area contributed by atoms with E-state index in [2.05, 4.69) is 15.6 Å². The summed E-state index contributed by atoms with van der Waals surface area (Å²) in [6.45, 7) is 4.56. The molecule has 3 N–H and O–H groups in total. The number of hydrogen-bond donors (Lipinski definition) is 3. The van der Waals surface area contributed by atoms with Crippen molar-refractivity contribution in [2.75, 3.05) is 33.8 Å². The van der Waals surface area contributed by atoms with Crippen molar-refractivity contribution < 1.29 is 14.6 Å². The first-order valence-electron chi connectivity index (χ1n) is 9.73. The molecule has 0 saturated carbocycles. The van der Waals surface area contributed by atoms with Gasteiger partial charge in [-0.15, -0.1) is 0 Å². The Morgan fingerprint density at radius 3 is 2.69 bits per heavy atom. The second kappa shape index (κ2) is 11.6. The summed E-state index contributed by atoms with van der Waals surface area (Å²) in [7, 11) is 3.65. The zero-order chi connectivity index (χ0) is 21.1. The van der Waals surface area contributed by atoms with E-state index in [0.29, 0.717) is 31.6 Å².